The van der Waals surface area contributed by atoms with Gasteiger partial charge in [0.2, 0.25) is 0 Å². The van der Waals surface area contributed by atoms with E-state index in [-0.39, 0.29) is 5.78 Å². The zero-order valence-electron chi connectivity index (χ0n) is 7.37. The number of ketones is 1. The van der Waals surface area contributed by atoms with Crippen molar-refractivity contribution in [1.29, 1.82) is 0 Å². The van der Waals surface area contributed by atoms with Crippen LogP contribution < -0.4 is 0 Å². The lowest BCUT2D eigenvalue weighted by atomic mass is 10.2. The molecule has 3 nitrogen and oxygen atoms in total. The molecule has 0 aromatic carbocycles. The molecular formula is C9H8N2OS. The third kappa shape index (κ3) is 1.23. The van der Waals surface area contributed by atoms with E-state index in [4.69, 9.17) is 0 Å². The highest BCUT2D eigenvalue weighted by atomic mass is 32.1. The summed E-state index contributed by atoms with van der Waals surface area (Å²) in [5, 5.41) is 1.84. The van der Waals surface area contributed by atoms with Crippen molar-refractivity contribution in [2.24, 2.45) is 0 Å². The number of carbonyl (C=O) groups excluding carboxylic acids is 1. The van der Waals surface area contributed by atoms with Crippen LogP contribution in [0.3, 0.4) is 0 Å². The second-order valence-electron chi connectivity index (χ2n) is 2.84. The molecule has 0 spiro atoms. The van der Waals surface area contributed by atoms with Gasteiger partial charge in [-0.15, -0.1) is 11.3 Å². The Kier molecular flexibility index (Phi) is 1.84. The molecule has 13 heavy (non-hydrogen) atoms. The molecule has 66 valence electrons. The van der Waals surface area contributed by atoms with E-state index < -0.39 is 0 Å². The first-order valence-electron chi connectivity index (χ1n) is 3.90. The van der Waals surface area contributed by atoms with Gasteiger partial charge >= 0.3 is 0 Å². The first-order chi connectivity index (χ1) is 6.20. The summed E-state index contributed by atoms with van der Waals surface area (Å²) in [7, 11) is 0. The lowest BCUT2D eigenvalue weighted by Gasteiger charge is -1.93. The lowest BCUT2D eigenvalue weighted by Crippen LogP contribution is -1.92. The van der Waals surface area contributed by atoms with Gasteiger partial charge in [0, 0.05) is 5.38 Å². The fourth-order valence-corrected chi connectivity index (χ4v) is 2.23. The first-order valence-corrected chi connectivity index (χ1v) is 4.78. The van der Waals surface area contributed by atoms with Crippen molar-refractivity contribution in [3.63, 3.8) is 0 Å². The summed E-state index contributed by atoms with van der Waals surface area (Å²) in [5.41, 5.74) is 2.41. The maximum Gasteiger partial charge on any atom is 0.162 e. The lowest BCUT2D eigenvalue weighted by molar-refractivity contribution is 0.101. The van der Waals surface area contributed by atoms with Crippen LogP contribution in [0.2, 0.25) is 0 Å². The molecular weight excluding hydrogens is 184 g/mol. The molecule has 0 bridgehead atoms. The van der Waals surface area contributed by atoms with E-state index in [0.717, 1.165) is 15.9 Å². The number of nitrogens with zero attached hydrogens (tertiary/aromatic N) is 2. The van der Waals surface area contributed by atoms with E-state index in [1.807, 2.05) is 12.3 Å². The van der Waals surface area contributed by atoms with Crippen LogP contribution in [0.5, 0.6) is 0 Å². The number of rotatable bonds is 1. The van der Waals surface area contributed by atoms with Crippen molar-refractivity contribution in [2.75, 3.05) is 0 Å². The van der Waals surface area contributed by atoms with Gasteiger partial charge in [0.25, 0.3) is 0 Å². The zero-order valence-corrected chi connectivity index (χ0v) is 8.18. The van der Waals surface area contributed by atoms with Gasteiger partial charge in [-0.1, -0.05) is 0 Å². The smallest absolute Gasteiger partial charge is 0.162 e. The number of carbonyl (C=O) groups is 1. The van der Waals surface area contributed by atoms with E-state index in [2.05, 4.69) is 9.97 Å². The first kappa shape index (κ1) is 8.31. The molecule has 0 N–H and O–H groups in total. The van der Waals surface area contributed by atoms with Gasteiger partial charge in [0.05, 0.1) is 21.5 Å². The highest BCUT2D eigenvalue weighted by molar-refractivity contribution is 7.17. The van der Waals surface area contributed by atoms with Gasteiger partial charge in [-0.2, -0.15) is 0 Å². The second kappa shape index (κ2) is 2.88. The molecule has 2 heterocycles. The Labute approximate surface area is 79.4 Å². The molecule has 0 aliphatic rings. The van der Waals surface area contributed by atoms with Crippen LogP contribution in [0.4, 0.5) is 0 Å². The van der Waals surface area contributed by atoms with Crippen molar-refractivity contribution in [3.8, 4) is 0 Å². The minimum absolute atomic E-state index is 0.0596. The van der Waals surface area contributed by atoms with E-state index in [1.54, 1.807) is 6.92 Å². The SMILES string of the molecule is CC(=O)c1csc2c(C)ncnc12. The van der Waals surface area contributed by atoms with Gasteiger partial charge in [-0.25, -0.2) is 9.97 Å². The van der Waals surface area contributed by atoms with Gasteiger partial charge in [-0.05, 0) is 13.8 Å². The summed E-state index contributed by atoms with van der Waals surface area (Å²) >= 11 is 1.52. The van der Waals surface area contributed by atoms with Crippen LogP contribution >= 0.6 is 11.3 Å². The number of aryl methyl sites for hydroxylation is 1. The minimum atomic E-state index is 0.0596. The Hall–Kier alpha value is -1.29. The number of fused-ring (bicyclic) bond motifs is 1. The van der Waals surface area contributed by atoms with E-state index in [9.17, 15) is 4.79 Å². The van der Waals surface area contributed by atoms with E-state index in [0.29, 0.717) is 5.56 Å². The maximum absolute atomic E-state index is 11.2. The number of hydrogen-bond donors (Lipinski definition) is 0. The molecule has 2 aromatic rings. The molecule has 0 atom stereocenters. The maximum atomic E-state index is 11.2. The van der Waals surface area contributed by atoms with Crippen LogP contribution in [0.15, 0.2) is 11.7 Å². The van der Waals surface area contributed by atoms with Crippen molar-refractivity contribution >= 4 is 27.3 Å². The number of Topliss-reactive ketones (excluding diaryl/α,β-unsaturated/α-hetero) is 1. The molecule has 0 aliphatic heterocycles. The van der Waals surface area contributed by atoms with Gasteiger partial charge in [0.15, 0.2) is 5.78 Å². The molecule has 2 aromatic heterocycles. The van der Waals surface area contributed by atoms with Gasteiger partial charge < -0.3 is 0 Å². The van der Waals surface area contributed by atoms with Crippen molar-refractivity contribution < 1.29 is 4.79 Å². The van der Waals surface area contributed by atoms with Crippen LogP contribution in [0, 0.1) is 6.92 Å². The molecule has 0 saturated heterocycles. The topological polar surface area (TPSA) is 42.9 Å². The number of hydrogen-bond acceptors (Lipinski definition) is 4. The van der Waals surface area contributed by atoms with Crippen LogP contribution in [0.25, 0.3) is 10.2 Å². The van der Waals surface area contributed by atoms with Crippen LogP contribution in [-0.4, -0.2) is 15.8 Å². The van der Waals surface area contributed by atoms with Crippen molar-refractivity contribution in [1.82, 2.24) is 9.97 Å². The summed E-state index contributed by atoms with van der Waals surface area (Å²) in [5.74, 6) is 0.0596. The Morgan fingerprint density at radius 1 is 1.46 bits per heavy atom. The van der Waals surface area contributed by atoms with E-state index >= 15 is 0 Å². The van der Waals surface area contributed by atoms with Crippen molar-refractivity contribution in [3.05, 3.63) is 23.0 Å². The number of aromatic nitrogens is 2. The molecule has 2 rings (SSSR count). The predicted octanol–water partition coefficient (Wildman–Crippen LogP) is 2.20. The summed E-state index contributed by atoms with van der Waals surface area (Å²) in [6, 6.07) is 0. The summed E-state index contributed by atoms with van der Waals surface area (Å²) in [6.45, 7) is 3.48. The third-order valence-electron chi connectivity index (χ3n) is 1.91. The average molecular weight is 192 g/mol. The highest BCUT2D eigenvalue weighted by Crippen LogP contribution is 2.25. The molecule has 0 fully saturated rings. The summed E-state index contributed by atoms with van der Waals surface area (Å²) in [6.07, 6.45) is 1.50. The second-order valence-corrected chi connectivity index (χ2v) is 3.72. The van der Waals surface area contributed by atoms with E-state index in [1.165, 1.54) is 17.7 Å². The standard InChI is InChI=1S/C9H8N2OS/c1-5-9-8(11-4-10-5)7(3-13-9)6(2)12/h3-4H,1-2H3. The normalized spacial score (nSPS) is 10.6. The largest absolute Gasteiger partial charge is 0.294 e. The molecule has 0 aliphatic carbocycles. The average Bonchev–Trinajstić information content (AvgIpc) is 2.48. The monoisotopic (exact) mass is 192 g/mol. The molecule has 4 heteroatoms. The fourth-order valence-electron chi connectivity index (χ4n) is 1.22. The Bertz CT molecular complexity index is 475. The Balaban J connectivity index is 2.83. The van der Waals surface area contributed by atoms with Crippen LogP contribution in [-0.2, 0) is 0 Å². The molecule has 0 saturated carbocycles. The minimum Gasteiger partial charge on any atom is -0.294 e. The quantitative estimate of drug-likeness (QED) is 0.650. The Morgan fingerprint density at radius 3 is 2.92 bits per heavy atom. The molecule has 0 unspecified atom stereocenters. The fraction of sp³-hybridized carbons (Fsp3) is 0.222. The van der Waals surface area contributed by atoms with Gasteiger partial charge in [-0.3, -0.25) is 4.79 Å². The number of thiophene rings is 1. The highest BCUT2D eigenvalue weighted by Gasteiger charge is 2.10. The summed E-state index contributed by atoms with van der Waals surface area (Å²) in [4.78, 5) is 19.3. The van der Waals surface area contributed by atoms with Crippen molar-refractivity contribution in [2.45, 2.75) is 13.8 Å². The third-order valence-corrected chi connectivity index (χ3v) is 2.99. The zero-order chi connectivity index (χ0) is 9.42. The molecule has 0 amide bonds. The molecule has 0 radical (unpaired) electrons. The predicted molar refractivity (Wildman–Crippen MR) is 52.2 cm³/mol. The van der Waals surface area contributed by atoms with Crippen LogP contribution in [0.1, 0.15) is 23.0 Å². The van der Waals surface area contributed by atoms with Gasteiger partial charge in [0.1, 0.15) is 6.33 Å². The Morgan fingerprint density at radius 2 is 2.23 bits per heavy atom. The summed E-state index contributed by atoms with van der Waals surface area (Å²) < 4.78 is 1.01.